The Kier molecular flexibility index (Phi) is 4.79. The molecule has 2 amide bonds. The number of likely N-dealkylation sites (tertiary alicyclic amines) is 2. The molecule has 3 aliphatic rings. The van der Waals surface area contributed by atoms with Crippen molar-refractivity contribution in [2.24, 2.45) is 5.92 Å². The molecule has 1 aromatic rings. The summed E-state index contributed by atoms with van der Waals surface area (Å²) in [6, 6.07) is 3.97. The van der Waals surface area contributed by atoms with Crippen LogP contribution in [0.25, 0.3) is 0 Å². The van der Waals surface area contributed by atoms with Crippen LogP contribution in [-0.4, -0.2) is 45.2 Å². The van der Waals surface area contributed by atoms with E-state index in [1.165, 1.54) is 0 Å². The standard InChI is InChI=1S/C21H27N3O2/c25-19-6-10-21(24(19)16-17-7-12-22-13-8-17)9-3-14-23(15-11-21)20(26)18-4-1-2-5-18/h1-2,7-8,12-13,18H,3-6,9-11,14-16H2. The summed E-state index contributed by atoms with van der Waals surface area (Å²) in [6.07, 6.45) is 14.0. The van der Waals surface area contributed by atoms with Gasteiger partial charge in [0.05, 0.1) is 0 Å². The highest BCUT2D eigenvalue weighted by Gasteiger charge is 2.46. The number of hydrogen-bond donors (Lipinski definition) is 0. The number of amides is 2. The predicted molar refractivity (Wildman–Crippen MR) is 99.0 cm³/mol. The highest BCUT2D eigenvalue weighted by molar-refractivity contribution is 5.81. The summed E-state index contributed by atoms with van der Waals surface area (Å²) in [4.78, 5) is 33.6. The Labute approximate surface area is 155 Å². The first-order valence-corrected chi connectivity index (χ1v) is 9.81. The summed E-state index contributed by atoms with van der Waals surface area (Å²) in [7, 11) is 0. The van der Waals surface area contributed by atoms with Crippen molar-refractivity contribution in [2.75, 3.05) is 13.1 Å². The highest BCUT2D eigenvalue weighted by atomic mass is 16.2. The Bertz CT molecular complexity index is 694. The monoisotopic (exact) mass is 353 g/mol. The van der Waals surface area contributed by atoms with Crippen LogP contribution in [0.4, 0.5) is 0 Å². The Morgan fingerprint density at radius 1 is 1.12 bits per heavy atom. The van der Waals surface area contributed by atoms with Crippen molar-refractivity contribution in [2.45, 2.75) is 57.0 Å². The van der Waals surface area contributed by atoms with E-state index in [1.807, 2.05) is 12.1 Å². The summed E-state index contributed by atoms with van der Waals surface area (Å²) in [5.41, 5.74) is 1.05. The number of aromatic nitrogens is 1. The van der Waals surface area contributed by atoms with Gasteiger partial charge in [-0.1, -0.05) is 12.2 Å². The Hall–Kier alpha value is -2.17. The summed E-state index contributed by atoms with van der Waals surface area (Å²) >= 11 is 0. The van der Waals surface area contributed by atoms with E-state index >= 15 is 0 Å². The van der Waals surface area contributed by atoms with Gasteiger partial charge in [0.1, 0.15) is 0 Å². The zero-order valence-corrected chi connectivity index (χ0v) is 15.3. The molecular formula is C21H27N3O2. The van der Waals surface area contributed by atoms with Crippen molar-refractivity contribution in [3.8, 4) is 0 Å². The molecule has 138 valence electrons. The van der Waals surface area contributed by atoms with Crippen LogP contribution in [0, 0.1) is 5.92 Å². The van der Waals surface area contributed by atoms with Crippen LogP contribution < -0.4 is 0 Å². The fraction of sp³-hybridized carbons (Fsp3) is 0.571. The molecule has 3 heterocycles. The van der Waals surface area contributed by atoms with Crippen molar-refractivity contribution in [1.82, 2.24) is 14.8 Å². The van der Waals surface area contributed by atoms with Crippen molar-refractivity contribution < 1.29 is 9.59 Å². The van der Waals surface area contributed by atoms with Gasteiger partial charge in [-0.3, -0.25) is 14.6 Å². The van der Waals surface area contributed by atoms with Gasteiger partial charge in [-0.05, 0) is 56.2 Å². The van der Waals surface area contributed by atoms with Crippen LogP contribution in [-0.2, 0) is 16.1 Å². The molecule has 4 rings (SSSR count). The lowest BCUT2D eigenvalue weighted by Crippen LogP contribution is -2.46. The second-order valence-electron chi connectivity index (χ2n) is 7.88. The number of carbonyl (C=O) groups is 2. The molecule has 0 saturated carbocycles. The third-order valence-corrected chi connectivity index (χ3v) is 6.35. The molecule has 1 aliphatic carbocycles. The van der Waals surface area contributed by atoms with E-state index in [0.29, 0.717) is 18.9 Å². The second kappa shape index (κ2) is 7.22. The van der Waals surface area contributed by atoms with E-state index in [1.54, 1.807) is 12.4 Å². The van der Waals surface area contributed by atoms with Crippen molar-refractivity contribution in [3.05, 3.63) is 42.2 Å². The third kappa shape index (κ3) is 3.27. The van der Waals surface area contributed by atoms with E-state index in [-0.39, 0.29) is 17.4 Å². The number of rotatable bonds is 3. The first kappa shape index (κ1) is 17.3. The van der Waals surface area contributed by atoms with Gasteiger partial charge in [0.25, 0.3) is 0 Å². The molecule has 0 bridgehead atoms. The number of allylic oxidation sites excluding steroid dienone is 2. The van der Waals surface area contributed by atoms with E-state index in [4.69, 9.17) is 0 Å². The van der Waals surface area contributed by atoms with Crippen molar-refractivity contribution in [1.29, 1.82) is 0 Å². The number of nitrogens with zero attached hydrogens (tertiary/aromatic N) is 3. The van der Waals surface area contributed by atoms with Gasteiger partial charge in [-0.15, -0.1) is 0 Å². The lowest BCUT2D eigenvalue weighted by atomic mass is 9.87. The fourth-order valence-corrected chi connectivity index (χ4v) is 4.80. The minimum absolute atomic E-state index is 0.0801. The quantitative estimate of drug-likeness (QED) is 0.785. The molecular weight excluding hydrogens is 326 g/mol. The van der Waals surface area contributed by atoms with Crippen LogP contribution in [0.1, 0.15) is 50.5 Å². The molecule has 0 aromatic carbocycles. The van der Waals surface area contributed by atoms with E-state index in [9.17, 15) is 9.59 Å². The minimum atomic E-state index is -0.0801. The summed E-state index contributed by atoms with van der Waals surface area (Å²) in [6.45, 7) is 2.26. The van der Waals surface area contributed by atoms with E-state index in [2.05, 4.69) is 26.9 Å². The zero-order chi connectivity index (χ0) is 18.0. The van der Waals surface area contributed by atoms with Crippen LogP contribution in [0.5, 0.6) is 0 Å². The van der Waals surface area contributed by atoms with Gasteiger partial charge in [0.2, 0.25) is 11.8 Å². The Morgan fingerprint density at radius 2 is 1.88 bits per heavy atom. The lowest BCUT2D eigenvalue weighted by molar-refractivity contribution is -0.135. The molecule has 1 aromatic heterocycles. The molecule has 26 heavy (non-hydrogen) atoms. The second-order valence-corrected chi connectivity index (χ2v) is 7.88. The lowest BCUT2D eigenvalue weighted by Gasteiger charge is -2.38. The van der Waals surface area contributed by atoms with Crippen LogP contribution >= 0.6 is 0 Å². The Balaban J connectivity index is 1.47. The number of hydrogen-bond acceptors (Lipinski definition) is 3. The molecule has 1 atom stereocenters. The largest absolute Gasteiger partial charge is 0.342 e. The topological polar surface area (TPSA) is 53.5 Å². The molecule has 0 radical (unpaired) electrons. The molecule has 2 fully saturated rings. The average Bonchev–Trinajstić information content (AvgIpc) is 3.23. The molecule has 5 nitrogen and oxygen atoms in total. The van der Waals surface area contributed by atoms with Gasteiger partial charge in [0.15, 0.2) is 0 Å². The Morgan fingerprint density at radius 3 is 2.65 bits per heavy atom. The number of carbonyl (C=O) groups excluding carboxylic acids is 2. The molecule has 2 aliphatic heterocycles. The third-order valence-electron chi connectivity index (χ3n) is 6.35. The van der Waals surface area contributed by atoms with Crippen molar-refractivity contribution >= 4 is 11.8 Å². The van der Waals surface area contributed by atoms with Crippen LogP contribution in [0.15, 0.2) is 36.7 Å². The molecule has 5 heteroatoms. The average molecular weight is 353 g/mol. The maximum Gasteiger partial charge on any atom is 0.226 e. The van der Waals surface area contributed by atoms with Gasteiger partial charge in [0, 0.05) is 49.9 Å². The van der Waals surface area contributed by atoms with Crippen molar-refractivity contribution in [3.63, 3.8) is 0 Å². The van der Waals surface area contributed by atoms with Gasteiger partial charge in [-0.25, -0.2) is 0 Å². The molecule has 0 N–H and O–H groups in total. The normalized spacial score (nSPS) is 26.7. The fourth-order valence-electron chi connectivity index (χ4n) is 4.80. The SMILES string of the molecule is O=C(C1CC=CC1)N1CCCC2(CCC(=O)N2Cc2ccncc2)CC1. The van der Waals surface area contributed by atoms with Gasteiger partial charge in [-0.2, -0.15) is 0 Å². The summed E-state index contributed by atoms with van der Waals surface area (Å²) in [5.74, 6) is 0.695. The first-order chi connectivity index (χ1) is 12.7. The summed E-state index contributed by atoms with van der Waals surface area (Å²) in [5, 5.41) is 0. The molecule has 1 unspecified atom stereocenters. The first-order valence-electron chi connectivity index (χ1n) is 9.81. The molecule has 2 saturated heterocycles. The zero-order valence-electron chi connectivity index (χ0n) is 15.3. The predicted octanol–water partition coefficient (Wildman–Crippen LogP) is 2.92. The van der Waals surface area contributed by atoms with Crippen LogP contribution in [0.3, 0.4) is 0 Å². The minimum Gasteiger partial charge on any atom is -0.342 e. The van der Waals surface area contributed by atoms with E-state index < -0.39 is 0 Å². The van der Waals surface area contributed by atoms with Gasteiger partial charge >= 0.3 is 0 Å². The highest BCUT2D eigenvalue weighted by Crippen LogP contribution is 2.40. The maximum absolute atomic E-state index is 12.8. The van der Waals surface area contributed by atoms with Crippen LogP contribution in [0.2, 0.25) is 0 Å². The maximum atomic E-state index is 12.8. The summed E-state index contributed by atoms with van der Waals surface area (Å²) < 4.78 is 0. The smallest absolute Gasteiger partial charge is 0.226 e. The van der Waals surface area contributed by atoms with E-state index in [0.717, 1.165) is 57.2 Å². The van der Waals surface area contributed by atoms with Gasteiger partial charge < -0.3 is 9.80 Å². The number of pyridine rings is 1. The molecule has 1 spiro atoms.